The molecule has 3 rings (SSSR count). The smallest absolute Gasteiger partial charge is 0.317 e. The fraction of sp³-hybridized carbons (Fsp3) is 0.556. The highest BCUT2D eigenvalue weighted by atomic mass is 35.5. The molecule has 1 aromatic carbocycles. The van der Waals surface area contributed by atoms with Gasteiger partial charge in [-0.15, -0.1) is 0 Å². The lowest BCUT2D eigenvalue weighted by Gasteiger charge is -2.22. The quantitative estimate of drug-likeness (QED) is 0.857. The number of carboxylic acid groups (broad SMARTS) is 1. The van der Waals surface area contributed by atoms with Crippen LogP contribution in [-0.2, 0) is 11.2 Å². The molecule has 0 radical (unpaired) electrons. The van der Waals surface area contributed by atoms with Crippen LogP contribution < -0.4 is 5.32 Å². The Balaban J connectivity index is 1.52. The second-order valence-electron chi connectivity index (χ2n) is 7.50. The van der Waals surface area contributed by atoms with Crippen molar-refractivity contribution in [3.05, 3.63) is 34.9 Å². The molecule has 2 aliphatic rings. The van der Waals surface area contributed by atoms with Crippen LogP contribution in [0.3, 0.4) is 0 Å². The van der Waals surface area contributed by atoms with E-state index in [2.05, 4.69) is 11.4 Å². The minimum absolute atomic E-state index is 0.121. The van der Waals surface area contributed by atoms with Gasteiger partial charge in [0.15, 0.2) is 0 Å². The third kappa shape index (κ3) is 3.66. The zero-order valence-electron chi connectivity index (χ0n) is 13.8. The van der Waals surface area contributed by atoms with Gasteiger partial charge in [-0.2, -0.15) is 0 Å². The Bertz CT molecular complexity index is 659. The van der Waals surface area contributed by atoms with Gasteiger partial charge in [0.1, 0.15) is 0 Å². The molecule has 1 atom stereocenters. The normalized spacial score (nSPS) is 24.7. The third-order valence-corrected chi connectivity index (χ3v) is 5.55. The molecule has 0 bridgehead atoms. The molecular formula is C18H23ClN2O3. The number of likely N-dealkylation sites (tertiary alicyclic amines) is 1. The van der Waals surface area contributed by atoms with E-state index >= 15 is 0 Å². The van der Waals surface area contributed by atoms with E-state index in [1.165, 1.54) is 5.56 Å². The number of hydrogen-bond acceptors (Lipinski definition) is 2. The number of urea groups is 1. The first-order valence-electron chi connectivity index (χ1n) is 8.33. The number of carbonyl (C=O) groups is 2. The molecule has 2 amide bonds. The van der Waals surface area contributed by atoms with Crippen LogP contribution in [0.2, 0.25) is 5.02 Å². The maximum absolute atomic E-state index is 12.3. The van der Waals surface area contributed by atoms with E-state index in [0.29, 0.717) is 19.5 Å². The summed E-state index contributed by atoms with van der Waals surface area (Å²) >= 11 is 6.04. The Morgan fingerprint density at radius 1 is 1.33 bits per heavy atom. The van der Waals surface area contributed by atoms with Gasteiger partial charge in [0.25, 0.3) is 0 Å². The summed E-state index contributed by atoms with van der Waals surface area (Å²) in [6, 6.07) is 7.69. The third-order valence-electron chi connectivity index (χ3n) is 5.32. The first-order valence-corrected chi connectivity index (χ1v) is 8.70. The number of nitrogens with one attached hydrogen (secondary N) is 1. The van der Waals surface area contributed by atoms with Crippen molar-refractivity contribution in [2.75, 3.05) is 19.6 Å². The summed E-state index contributed by atoms with van der Waals surface area (Å²) in [5.41, 5.74) is 0.486. The zero-order valence-corrected chi connectivity index (χ0v) is 14.6. The summed E-state index contributed by atoms with van der Waals surface area (Å²) in [5, 5.41) is 13.0. The lowest BCUT2D eigenvalue weighted by Crippen LogP contribution is -2.43. The predicted octanol–water partition coefficient (Wildman–Crippen LogP) is 3.17. The molecule has 1 aliphatic heterocycles. The van der Waals surface area contributed by atoms with Crippen LogP contribution in [-0.4, -0.2) is 41.6 Å². The van der Waals surface area contributed by atoms with Crippen LogP contribution in [0.1, 0.15) is 31.7 Å². The molecule has 1 saturated carbocycles. The number of benzene rings is 1. The van der Waals surface area contributed by atoms with E-state index in [-0.39, 0.29) is 18.0 Å². The van der Waals surface area contributed by atoms with E-state index in [1.807, 2.05) is 18.2 Å². The molecule has 0 spiro atoms. The fourth-order valence-corrected chi connectivity index (χ4v) is 3.57. The molecule has 1 aromatic rings. The van der Waals surface area contributed by atoms with Crippen LogP contribution in [0.5, 0.6) is 0 Å². The number of halogens is 1. The Morgan fingerprint density at radius 3 is 2.67 bits per heavy atom. The lowest BCUT2D eigenvalue weighted by molar-refractivity contribution is -0.147. The van der Waals surface area contributed by atoms with Crippen molar-refractivity contribution in [2.45, 2.75) is 32.6 Å². The van der Waals surface area contributed by atoms with Crippen LogP contribution in [0, 0.1) is 10.8 Å². The number of carboxylic acids is 1. The number of amides is 2. The predicted molar refractivity (Wildman–Crippen MR) is 92.2 cm³/mol. The van der Waals surface area contributed by atoms with Crippen molar-refractivity contribution in [2.24, 2.45) is 10.8 Å². The molecule has 2 N–H and O–H groups in total. The molecule has 0 aromatic heterocycles. The van der Waals surface area contributed by atoms with Gasteiger partial charge in [-0.25, -0.2) is 4.79 Å². The molecule has 1 aliphatic carbocycles. The number of carbonyl (C=O) groups excluding carboxylic acids is 1. The van der Waals surface area contributed by atoms with Crippen molar-refractivity contribution >= 4 is 23.6 Å². The highest BCUT2D eigenvalue weighted by Crippen LogP contribution is 2.48. The zero-order chi connectivity index (χ0) is 17.4. The maximum atomic E-state index is 12.3. The highest BCUT2D eigenvalue weighted by molar-refractivity contribution is 6.30. The van der Waals surface area contributed by atoms with Gasteiger partial charge in [0.2, 0.25) is 0 Å². The Labute approximate surface area is 147 Å². The summed E-state index contributed by atoms with van der Waals surface area (Å²) in [4.78, 5) is 25.2. The molecule has 5 nitrogen and oxygen atoms in total. The monoisotopic (exact) mass is 350 g/mol. The molecule has 1 saturated heterocycles. The minimum atomic E-state index is -0.836. The molecule has 2 fully saturated rings. The highest BCUT2D eigenvalue weighted by Gasteiger charge is 2.45. The minimum Gasteiger partial charge on any atom is -0.481 e. The van der Waals surface area contributed by atoms with Gasteiger partial charge >= 0.3 is 12.0 Å². The van der Waals surface area contributed by atoms with E-state index in [4.69, 9.17) is 11.6 Å². The van der Waals surface area contributed by atoms with E-state index in [0.717, 1.165) is 24.3 Å². The number of aliphatic carboxylic acids is 1. The van der Waals surface area contributed by atoms with Crippen molar-refractivity contribution in [3.63, 3.8) is 0 Å². The fourth-order valence-electron chi connectivity index (χ4n) is 3.36. The standard InChI is InChI=1S/C18H23ClN2O3/c1-17(15(22)23)7-8-21(12-17)16(24)20-11-18(5-6-18)10-13-3-2-4-14(19)9-13/h2-4,9H,5-8,10-12H2,1H3,(H,20,24)(H,22,23). The molecule has 6 heteroatoms. The molecule has 1 heterocycles. The summed E-state index contributed by atoms with van der Waals surface area (Å²) in [6.07, 6.45) is 3.59. The van der Waals surface area contributed by atoms with Gasteiger partial charge in [-0.1, -0.05) is 23.7 Å². The number of rotatable bonds is 5. The summed E-state index contributed by atoms with van der Waals surface area (Å²) in [5.74, 6) is -0.836. The molecule has 24 heavy (non-hydrogen) atoms. The van der Waals surface area contributed by atoms with E-state index in [1.54, 1.807) is 11.8 Å². The van der Waals surface area contributed by atoms with Crippen molar-refractivity contribution < 1.29 is 14.7 Å². The topological polar surface area (TPSA) is 69.6 Å². The summed E-state index contributed by atoms with van der Waals surface area (Å²) in [6.45, 7) is 3.09. The Morgan fingerprint density at radius 2 is 2.08 bits per heavy atom. The van der Waals surface area contributed by atoms with Gasteiger partial charge in [0, 0.05) is 24.7 Å². The average Bonchev–Trinajstić information content (AvgIpc) is 3.16. The van der Waals surface area contributed by atoms with Crippen molar-refractivity contribution in [1.82, 2.24) is 10.2 Å². The van der Waals surface area contributed by atoms with Gasteiger partial charge in [0.05, 0.1) is 5.41 Å². The number of hydrogen-bond donors (Lipinski definition) is 2. The second kappa shape index (κ2) is 6.28. The summed E-state index contributed by atoms with van der Waals surface area (Å²) < 4.78 is 0. The van der Waals surface area contributed by atoms with E-state index < -0.39 is 11.4 Å². The van der Waals surface area contributed by atoms with Gasteiger partial charge < -0.3 is 15.3 Å². The van der Waals surface area contributed by atoms with Crippen LogP contribution in [0.4, 0.5) is 4.79 Å². The van der Waals surface area contributed by atoms with Crippen LogP contribution in [0.15, 0.2) is 24.3 Å². The molecular weight excluding hydrogens is 328 g/mol. The van der Waals surface area contributed by atoms with Crippen LogP contribution in [0.25, 0.3) is 0 Å². The van der Waals surface area contributed by atoms with Gasteiger partial charge in [-0.05, 0) is 55.7 Å². The summed E-state index contributed by atoms with van der Waals surface area (Å²) in [7, 11) is 0. The largest absolute Gasteiger partial charge is 0.481 e. The average molecular weight is 351 g/mol. The molecule has 130 valence electrons. The SMILES string of the molecule is CC1(C(=O)O)CCN(C(=O)NCC2(Cc3cccc(Cl)c3)CC2)C1. The lowest BCUT2D eigenvalue weighted by atomic mass is 9.90. The second-order valence-corrected chi connectivity index (χ2v) is 7.94. The van der Waals surface area contributed by atoms with Crippen LogP contribution >= 0.6 is 11.6 Å². The number of nitrogens with zero attached hydrogens (tertiary/aromatic N) is 1. The first-order chi connectivity index (χ1) is 11.3. The van der Waals surface area contributed by atoms with Crippen molar-refractivity contribution in [3.8, 4) is 0 Å². The Kier molecular flexibility index (Phi) is 4.47. The Hall–Kier alpha value is -1.75. The van der Waals surface area contributed by atoms with Crippen molar-refractivity contribution in [1.29, 1.82) is 0 Å². The first kappa shape index (κ1) is 17.1. The van der Waals surface area contributed by atoms with E-state index in [9.17, 15) is 14.7 Å². The molecule has 1 unspecified atom stereocenters. The maximum Gasteiger partial charge on any atom is 0.317 e. The van der Waals surface area contributed by atoms with Gasteiger partial charge in [-0.3, -0.25) is 4.79 Å².